The third kappa shape index (κ3) is 12.0. The molecule has 0 amide bonds. The highest BCUT2D eigenvalue weighted by atomic mass is 31.2. The Hall–Kier alpha value is -3.72. The Balaban J connectivity index is 0.000000238. The summed E-state index contributed by atoms with van der Waals surface area (Å²) in [4.78, 5) is 48.2. The fourth-order valence-electron chi connectivity index (χ4n) is 8.75. The van der Waals surface area contributed by atoms with Crippen LogP contribution in [0.3, 0.4) is 0 Å². The number of fused-ring (bicyclic) bond motifs is 2. The van der Waals surface area contributed by atoms with Crippen molar-refractivity contribution in [3.8, 4) is 23.0 Å². The number of esters is 2. The lowest BCUT2D eigenvalue weighted by Crippen LogP contribution is -2.42. The molecular formula is C45H66N2O14P2. The Morgan fingerprint density at radius 3 is 1.48 bits per heavy atom. The lowest BCUT2D eigenvalue weighted by Gasteiger charge is -2.40. The van der Waals surface area contributed by atoms with Crippen molar-refractivity contribution in [2.75, 3.05) is 69.2 Å². The monoisotopic (exact) mass is 920 g/mol. The van der Waals surface area contributed by atoms with Gasteiger partial charge in [0, 0.05) is 35.8 Å². The molecule has 0 aromatic heterocycles. The van der Waals surface area contributed by atoms with Crippen molar-refractivity contribution in [3.63, 3.8) is 0 Å². The molecular weight excluding hydrogens is 854 g/mol. The number of hydrogen-bond donors (Lipinski definition) is 2. The Morgan fingerprint density at radius 1 is 0.683 bits per heavy atom. The molecule has 6 rings (SSSR count). The zero-order valence-electron chi connectivity index (χ0n) is 38.5. The van der Waals surface area contributed by atoms with E-state index in [-0.39, 0.29) is 48.4 Å². The van der Waals surface area contributed by atoms with Crippen molar-refractivity contribution in [2.45, 2.75) is 96.1 Å². The number of allylic oxidation sites excluding steroid dienone is 2. The van der Waals surface area contributed by atoms with Gasteiger partial charge in [0.05, 0.1) is 39.8 Å². The van der Waals surface area contributed by atoms with Gasteiger partial charge in [-0.1, -0.05) is 26.0 Å². The zero-order valence-corrected chi connectivity index (χ0v) is 40.3. The first-order valence-corrected chi connectivity index (χ1v) is 23.4. The van der Waals surface area contributed by atoms with Crippen molar-refractivity contribution in [3.05, 3.63) is 71.2 Å². The van der Waals surface area contributed by atoms with Gasteiger partial charge in [0.15, 0.2) is 23.0 Å². The molecule has 16 nitrogen and oxygen atoms in total. The van der Waals surface area contributed by atoms with E-state index < -0.39 is 28.6 Å². The molecule has 2 aromatic carbocycles. The van der Waals surface area contributed by atoms with Crippen LogP contribution in [0.4, 0.5) is 0 Å². The van der Waals surface area contributed by atoms with Gasteiger partial charge in [-0.25, -0.2) is 0 Å². The van der Waals surface area contributed by atoms with E-state index in [0.717, 1.165) is 50.3 Å². The van der Waals surface area contributed by atoms with Gasteiger partial charge in [-0.15, -0.1) is 0 Å². The molecule has 2 N–H and O–H groups in total. The van der Waals surface area contributed by atoms with E-state index in [1.165, 1.54) is 11.1 Å². The minimum Gasteiger partial charge on any atom is -0.493 e. The molecule has 4 aliphatic rings. The third-order valence-electron chi connectivity index (χ3n) is 12.3. The number of benzene rings is 2. The van der Waals surface area contributed by atoms with Crippen LogP contribution in [-0.2, 0) is 48.0 Å². The second-order valence-electron chi connectivity index (χ2n) is 17.5. The van der Waals surface area contributed by atoms with Crippen LogP contribution in [0, 0.1) is 11.3 Å². The van der Waals surface area contributed by atoms with E-state index in [4.69, 9.17) is 46.5 Å². The average molecular weight is 921 g/mol. The van der Waals surface area contributed by atoms with E-state index in [1.807, 2.05) is 12.1 Å². The van der Waals surface area contributed by atoms with Gasteiger partial charge < -0.3 is 47.3 Å². The summed E-state index contributed by atoms with van der Waals surface area (Å²) >= 11 is 0. The molecule has 2 aliphatic heterocycles. The molecule has 0 radical (unpaired) electrons. The van der Waals surface area contributed by atoms with E-state index in [9.17, 15) is 19.4 Å². The molecule has 2 heterocycles. The summed E-state index contributed by atoms with van der Waals surface area (Å²) in [6, 6.07) is 12.5. The Morgan fingerprint density at radius 2 is 1.10 bits per heavy atom. The number of methoxy groups -OCH3 is 4. The van der Waals surface area contributed by atoms with E-state index in [0.29, 0.717) is 35.9 Å². The molecule has 2 aliphatic carbocycles. The topological polar surface area (TPSA) is 173 Å². The molecule has 2 saturated heterocycles. The SMILES string of the molecule is COc1ccc(C23CCC(OP(O)OCOC(=O)C(C)(C)C)=CC2N(C)CC3)cc1OC.COc1ccc(C23CCC(OP(O)OCOC(=O)C(C)C)=CC2N(C)CC3)cc1OC. The van der Waals surface area contributed by atoms with Gasteiger partial charge >= 0.3 is 29.1 Å². The van der Waals surface area contributed by atoms with E-state index >= 15 is 0 Å². The van der Waals surface area contributed by atoms with Gasteiger partial charge in [0.1, 0.15) is 11.5 Å². The van der Waals surface area contributed by atoms with Crippen molar-refractivity contribution >= 4 is 29.1 Å². The zero-order chi connectivity index (χ0) is 46.1. The lowest BCUT2D eigenvalue weighted by atomic mass is 9.68. The Labute approximate surface area is 374 Å². The molecule has 0 spiro atoms. The van der Waals surface area contributed by atoms with Gasteiger partial charge in [0.2, 0.25) is 13.6 Å². The number of hydrogen-bond acceptors (Lipinski definition) is 16. The molecule has 6 atom stereocenters. The van der Waals surface area contributed by atoms with Crippen LogP contribution in [0.25, 0.3) is 0 Å². The summed E-state index contributed by atoms with van der Waals surface area (Å²) in [6.45, 7) is 9.96. The predicted molar refractivity (Wildman–Crippen MR) is 238 cm³/mol. The Bertz CT molecular complexity index is 1940. The fraction of sp³-hybridized carbons (Fsp3) is 0.600. The number of nitrogens with zero attached hydrogens (tertiary/aromatic N) is 2. The summed E-state index contributed by atoms with van der Waals surface area (Å²) in [5.74, 6) is 3.21. The van der Waals surface area contributed by atoms with Gasteiger partial charge in [-0.3, -0.25) is 28.4 Å². The number of ether oxygens (including phenoxy) is 6. The molecule has 0 bridgehead atoms. The normalized spacial score (nSPS) is 24.3. The second-order valence-corrected chi connectivity index (χ2v) is 19.4. The molecule has 2 fully saturated rings. The minimum absolute atomic E-state index is 0.0625. The number of likely N-dealkylation sites (N-methyl/N-ethyl adjacent to an activating group) is 2. The first-order chi connectivity index (χ1) is 29.9. The summed E-state index contributed by atoms with van der Waals surface area (Å²) in [7, 11) is 6.38. The van der Waals surface area contributed by atoms with Crippen molar-refractivity contribution in [1.82, 2.24) is 9.80 Å². The number of carbonyl (C=O) groups excluding carboxylic acids is 2. The second kappa shape index (κ2) is 22.0. The van der Waals surface area contributed by atoms with E-state index in [1.54, 1.807) is 63.1 Å². The van der Waals surface area contributed by atoms with Crippen molar-refractivity contribution < 1.29 is 65.9 Å². The minimum atomic E-state index is -2.19. The quantitative estimate of drug-likeness (QED) is 0.0891. The van der Waals surface area contributed by atoms with Crippen LogP contribution >= 0.6 is 17.2 Å². The van der Waals surface area contributed by atoms with Gasteiger partial charge in [-0.05, 0) is 121 Å². The highest BCUT2D eigenvalue weighted by molar-refractivity contribution is 7.40. The number of carbonyl (C=O) groups is 2. The maximum absolute atomic E-state index is 11.8. The molecule has 6 unspecified atom stereocenters. The summed E-state index contributed by atoms with van der Waals surface area (Å²) in [6.07, 6.45) is 9.26. The van der Waals surface area contributed by atoms with Crippen molar-refractivity contribution in [1.29, 1.82) is 0 Å². The predicted octanol–water partition coefficient (Wildman–Crippen LogP) is 7.86. The van der Waals surface area contributed by atoms with Crippen LogP contribution in [0.1, 0.15) is 84.3 Å². The van der Waals surface area contributed by atoms with Crippen LogP contribution in [0.5, 0.6) is 23.0 Å². The maximum Gasteiger partial charge on any atom is 0.397 e. The van der Waals surface area contributed by atoms with Crippen LogP contribution in [0.2, 0.25) is 0 Å². The molecule has 350 valence electrons. The largest absolute Gasteiger partial charge is 0.493 e. The van der Waals surface area contributed by atoms with E-state index in [2.05, 4.69) is 60.3 Å². The Kier molecular flexibility index (Phi) is 17.5. The van der Waals surface area contributed by atoms with Gasteiger partial charge in [0.25, 0.3) is 0 Å². The average Bonchev–Trinajstić information content (AvgIpc) is 3.79. The summed E-state index contributed by atoms with van der Waals surface area (Å²) < 4.78 is 53.4. The lowest BCUT2D eigenvalue weighted by molar-refractivity contribution is -0.160. The molecule has 0 saturated carbocycles. The molecule has 18 heteroatoms. The van der Waals surface area contributed by atoms with Crippen LogP contribution in [-0.4, -0.2) is 113 Å². The van der Waals surface area contributed by atoms with Crippen LogP contribution < -0.4 is 18.9 Å². The maximum atomic E-state index is 11.8. The van der Waals surface area contributed by atoms with Gasteiger partial charge in [-0.2, -0.15) is 0 Å². The molecule has 2 aromatic rings. The number of likely N-dealkylation sites (tertiary alicyclic amines) is 2. The number of rotatable bonds is 17. The highest BCUT2D eigenvalue weighted by Crippen LogP contribution is 2.52. The summed E-state index contributed by atoms with van der Waals surface area (Å²) in [5.41, 5.74) is 1.65. The molecule has 63 heavy (non-hydrogen) atoms. The smallest absolute Gasteiger partial charge is 0.397 e. The third-order valence-corrected chi connectivity index (χ3v) is 13.8. The first kappa shape index (κ1) is 50.3. The highest BCUT2D eigenvalue weighted by Gasteiger charge is 2.50. The van der Waals surface area contributed by atoms with Crippen LogP contribution in [0.15, 0.2) is 60.1 Å². The van der Waals surface area contributed by atoms with Crippen molar-refractivity contribution in [2.24, 2.45) is 11.3 Å². The summed E-state index contributed by atoms with van der Waals surface area (Å²) in [5, 5.41) is 0. The fourth-order valence-corrected chi connectivity index (χ4v) is 9.85. The first-order valence-electron chi connectivity index (χ1n) is 21.1. The standard InChI is InChI=1S/C23H34NO7P.C22H32NO7P/c1-22(2,3)21(25)29-15-30-32(26)31-17-9-10-23(11-12-24(4)20(23)14-17)16-7-8-18(27-5)19(13-16)28-6;1-15(2)21(24)28-14-29-31(25)30-17-8-9-22(10-11-23(3)20(22)13-17)16-6-7-18(26-4)19(12-16)27-5/h7-8,13-14,20,26H,9-12,15H2,1-6H3;6-7,12-13,15,20,25H,8-11,14H2,1-5H3.